The van der Waals surface area contributed by atoms with Gasteiger partial charge in [0.1, 0.15) is 5.37 Å². The molecule has 2 aliphatic heterocycles. The maximum absolute atomic E-state index is 12.9. The summed E-state index contributed by atoms with van der Waals surface area (Å²) in [5.74, 6) is 10.1. The summed E-state index contributed by atoms with van der Waals surface area (Å²) in [7, 11) is 0. The summed E-state index contributed by atoms with van der Waals surface area (Å²) < 4.78 is 8.66. The highest BCUT2D eigenvalue weighted by Crippen LogP contribution is 2.37. The van der Waals surface area contributed by atoms with E-state index >= 15 is 0 Å². The fourth-order valence-electron chi connectivity index (χ4n) is 5.29. The normalized spacial score (nSPS) is 28.7. The Kier molecular flexibility index (Phi) is 11.3. The van der Waals surface area contributed by atoms with Crippen molar-refractivity contribution in [1.82, 2.24) is 30.6 Å². The number of carbonyl (C=O) groups excluding carboxylic acids is 3. The Labute approximate surface area is 238 Å². The minimum Gasteiger partial charge on any atom is -0.379 e. The van der Waals surface area contributed by atoms with Gasteiger partial charge in [0.05, 0.1) is 25.2 Å². The van der Waals surface area contributed by atoms with Crippen molar-refractivity contribution in [2.45, 2.75) is 49.6 Å². The van der Waals surface area contributed by atoms with Gasteiger partial charge in [-0.2, -0.15) is 0 Å². The van der Waals surface area contributed by atoms with E-state index in [1.165, 1.54) is 17.0 Å². The summed E-state index contributed by atoms with van der Waals surface area (Å²) in [4.78, 5) is 40.4. The van der Waals surface area contributed by atoms with E-state index in [4.69, 9.17) is 16.4 Å². The number of nitrogens with one attached hydrogen (secondary N) is 4. The second-order valence-electron chi connectivity index (χ2n) is 10.2. The van der Waals surface area contributed by atoms with Crippen molar-refractivity contribution in [2.75, 3.05) is 39.4 Å². The molecule has 40 heavy (non-hydrogen) atoms. The molecule has 4 aliphatic rings. The maximum Gasteiger partial charge on any atom is 0.336 e. The van der Waals surface area contributed by atoms with E-state index in [1.807, 2.05) is 30.4 Å². The molecule has 2 aliphatic carbocycles. The number of carbonyl (C=O) groups is 3. The van der Waals surface area contributed by atoms with Crippen LogP contribution in [-0.4, -0.2) is 84.7 Å². The first kappa shape index (κ1) is 30.0. The number of rotatable bonds is 9. The minimum absolute atomic E-state index is 0.0447. The van der Waals surface area contributed by atoms with E-state index in [-0.39, 0.29) is 30.1 Å². The van der Waals surface area contributed by atoms with Crippen LogP contribution >= 0.6 is 11.9 Å². The molecule has 2 heterocycles. The van der Waals surface area contributed by atoms with Crippen LogP contribution < -0.4 is 32.4 Å². The zero-order valence-electron chi connectivity index (χ0n) is 22.5. The molecule has 0 spiro atoms. The molecule has 0 aromatic rings. The van der Waals surface area contributed by atoms with E-state index in [9.17, 15) is 14.4 Å². The second-order valence-corrected chi connectivity index (χ2v) is 11.1. The molecule has 4 rings (SSSR count). The van der Waals surface area contributed by atoms with Gasteiger partial charge < -0.3 is 26.5 Å². The average Bonchev–Trinajstić information content (AvgIpc) is 3.39. The number of hydrogen-bond donors (Lipinski definition) is 6. The molecule has 2 fully saturated rings. The highest BCUT2D eigenvalue weighted by molar-refractivity contribution is 7.98. The maximum atomic E-state index is 12.9. The first-order valence-electron chi connectivity index (χ1n) is 13.8. The number of nitrogens with two attached hydrogens (primary N) is 2. The van der Waals surface area contributed by atoms with Crippen molar-refractivity contribution in [3.63, 3.8) is 0 Å². The fraction of sp³-hybridized carbons (Fsp3) is 0.640. The largest absolute Gasteiger partial charge is 0.379 e. The van der Waals surface area contributed by atoms with Crippen LogP contribution in [0.2, 0.25) is 0 Å². The first-order chi connectivity index (χ1) is 19.5. The van der Waals surface area contributed by atoms with Gasteiger partial charge >= 0.3 is 12.1 Å². The third kappa shape index (κ3) is 8.27. The Bertz CT molecular complexity index is 1020. The quantitative estimate of drug-likeness (QED) is 0.0440. The van der Waals surface area contributed by atoms with Crippen LogP contribution in [0.3, 0.4) is 0 Å². The Hall–Kier alpha value is -2.98. The standard InChI is InChI=1S/C25H40N10O4S/c26-33-31-22(36)20-21(32-40-23(20)30-24(37)28-11-4-12-34-13-15-39-16-14-34)17-7-9-19(10-8-17)35(27)25(38)29-18-5-2-1-3-6-18/h1-2,5,7,9,17,19-21,23,32H,3-4,6,8,10-16,27H2,(H,29,38)(H2,26,31,36)(H2,28,30,37). The lowest BCUT2D eigenvalue weighted by atomic mass is 9.81. The molecule has 0 radical (unpaired) electrons. The molecule has 0 aromatic carbocycles. The van der Waals surface area contributed by atoms with E-state index < -0.39 is 17.2 Å². The Balaban J connectivity index is 1.28. The molecule has 0 saturated carbocycles. The smallest absolute Gasteiger partial charge is 0.336 e. The molecule has 15 heteroatoms. The number of ether oxygens (including phenoxy) is 1. The molecule has 0 bridgehead atoms. The van der Waals surface area contributed by atoms with Gasteiger partial charge in [0.2, 0.25) is 0 Å². The molecule has 220 valence electrons. The fourth-order valence-corrected chi connectivity index (χ4v) is 6.52. The molecule has 5 unspecified atom stereocenters. The zero-order chi connectivity index (χ0) is 28.3. The van der Waals surface area contributed by atoms with Crippen LogP contribution in [-0.2, 0) is 9.53 Å². The third-order valence-corrected chi connectivity index (χ3v) is 8.58. The van der Waals surface area contributed by atoms with Crippen molar-refractivity contribution in [2.24, 2.45) is 33.9 Å². The van der Waals surface area contributed by atoms with Crippen LogP contribution in [0.1, 0.15) is 32.1 Å². The van der Waals surface area contributed by atoms with E-state index in [1.54, 1.807) is 0 Å². The van der Waals surface area contributed by atoms with E-state index in [2.05, 4.69) is 35.9 Å². The number of allylic oxidation sites excluding steroid dienone is 4. The zero-order valence-corrected chi connectivity index (χ0v) is 23.4. The molecule has 14 nitrogen and oxygen atoms in total. The molecule has 8 N–H and O–H groups in total. The first-order valence-corrected chi connectivity index (χ1v) is 14.6. The number of hydrazine groups is 1. The summed E-state index contributed by atoms with van der Waals surface area (Å²) in [6.07, 6.45) is 13.4. The summed E-state index contributed by atoms with van der Waals surface area (Å²) in [6, 6.07) is -1.30. The van der Waals surface area contributed by atoms with Crippen LogP contribution in [0.15, 0.2) is 46.4 Å². The van der Waals surface area contributed by atoms with Crippen molar-refractivity contribution in [3.05, 3.63) is 36.1 Å². The van der Waals surface area contributed by atoms with E-state index in [0.717, 1.165) is 57.8 Å². The van der Waals surface area contributed by atoms with Crippen molar-refractivity contribution in [1.29, 1.82) is 0 Å². The van der Waals surface area contributed by atoms with Crippen LogP contribution in [0, 0.1) is 11.8 Å². The lowest BCUT2D eigenvalue weighted by molar-refractivity contribution is -0.123. The van der Waals surface area contributed by atoms with E-state index in [0.29, 0.717) is 19.4 Å². The second kappa shape index (κ2) is 15.1. The van der Waals surface area contributed by atoms with Gasteiger partial charge in [0.15, 0.2) is 0 Å². The number of amides is 5. The van der Waals surface area contributed by atoms with Crippen LogP contribution in [0.5, 0.6) is 0 Å². The molecule has 0 aromatic heterocycles. The lowest BCUT2D eigenvalue weighted by Crippen LogP contribution is -2.51. The minimum atomic E-state index is -0.675. The van der Waals surface area contributed by atoms with Gasteiger partial charge in [-0.1, -0.05) is 46.6 Å². The lowest BCUT2D eigenvalue weighted by Gasteiger charge is -2.33. The number of hydrogen-bond acceptors (Lipinski definition) is 9. The van der Waals surface area contributed by atoms with Crippen molar-refractivity contribution >= 4 is 29.9 Å². The highest BCUT2D eigenvalue weighted by atomic mass is 32.2. The van der Waals surface area contributed by atoms with Gasteiger partial charge in [-0.3, -0.25) is 19.4 Å². The Morgan fingerprint density at radius 2 is 2.05 bits per heavy atom. The number of morpholine rings is 1. The highest BCUT2D eigenvalue weighted by Gasteiger charge is 2.46. The van der Waals surface area contributed by atoms with Gasteiger partial charge in [-0.05, 0) is 50.6 Å². The average molecular weight is 577 g/mol. The molecular weight excluding hydrogens is 536 g/mol. The topological polar surface area (TPSA) is 192 Å². The molecule has 5 amide bonds. The summed E-state index contributed by atoms with van der Waals surface area (Å²) in [6.45, 7) is 4.69. The summed E-state index contributed by atoms with van der Waals surface area (Å²) in [5.41, 5.74) is 0.836. The summed E-state index contributed by atoms with van der Waals surface area (Å²) >= 11 is 1.28. The van der Waals surface area contributed by atoms with Crippen molar-refractivity contribution in [3.8, 4) is 0 Å². The Morgan fingerprint density at radius 1 is 1.23 bits per heavy atom. The monoisotopic (exact) mass is 576 g/mol. The van der Waals surface area contributed by atoms with Crippen LogP contribution in [0.4, 0.5) is 9.59 Å². The SMILES string of the molecule is NN=NC(=O)C1C(NC(=O)NCCCN2CCOCC2)SNC1C1C=CC(N(N)C(=O)NC2=CC=CCC2)CC1. The molecular formula is C25H40N10O4S. The van der Waals surface area contributed by atoms with Gasteiger partial charge in [0, 0.05) is 31.4 Å². The predicted octanol–water partition coefficient (Wildman–Crippen LogP) is 0.877. The molecule has 2 saturated heterocycles. The van der Waals surface area contributed by atoms with Gasteiger partial charge in [-0.25, -0.2) is 15.4 Å². The third-order valence-electron chi connectivity index (χ3n) is 7.51. The van der Waals surface area contributed by atoms with Gasteiger partial charge in [0.25, 0.3) is 5.91 Å². The Morgan fingerprint density at radius 3 is 2.75 bits per heavy atom. The van der Waals surface area contributed by atoms with Crippen LogP contribution in [0.25, 0.3) is 0 Å². The van der Waals surface area contributed by atoms with Gasteiger partial charge in [-0.15, -0.1) is 0 Å². The summed E-state index contributed by atoms with van der Waals surface area (Å²) in [5, 5.41) is 16.0. The predicted molar refractivity (Wildman–Crippen MR) is 151 cm³/mol. The molecule has 5 atom stereocenters. The van der Waals surface area contributed by atoms with Crippen molar-refractivity contribution < 1.29 is 19.1 Å². The number of nitrogens with zero attached hydrogens (tertiary/aromatic N) is 4. The number of urea groups is 2.